The second kappa shape index (κ2) is 7.83. The number of thiazole rings is 1. The molecule has 0 aromatic carbocycles. The smallest absolute Gasteiger partial charge is 0.338 e. The van der Waals surface area contributed by atoms with Gasteiger partial charge in [-0.25, -0.2) is 4.79 Å². The van der Waals surface area contributed by atoms with E-state index in [1.807, 2.05) is 33.7 Å². The van der Waals surface area contributed by atoms with E-state index in [1.165, 1.54) is 38.6 Å². The van der Waals surface area contributed by atoms with E-state index < -0.39 is 11.9 Å². The third kappa shape index (κ3) is 3.25. The van der Waals surface area contributed by atoms with E-state index in [-0.39, 0.29) is 29.1 Å². The Morgan fingerprint density at radius 2 is 2.10 bits per heavy atom. The van der Waals surface area contributed by atoms with Gasteiger partial charge in [0.05, 0.1) is 34.3 Å². The highest BCUT2D eigenvalue weighted by atomic mass is 32.1. The molecule has 29 heavy (non-hydrogen) atoms. The molecule has 3 aromatic rings. The topological polar surface area (TPSA) is 98.1 Å². The van der Waals surface area contributed by atoms with Gasteiger partial charge in [-0.1, -0.05) is 0 Å². The molecule has 0 spiro atoms. The number of thiophene rings is 2. The van der Waals surface area contributed by atoms with Crippen LogP contribution in [-0.4, -0.2) is 17.1 Å². The summed E-state index contributed by atoms with van der Waals surface area (Å²) in [6.07, 6.45) is 1.76. The first kappa shape index (κ1) is 19.4. The van der Waals surface area contributed by atoms with Gasteiger partial charge in [0.2, 0.25) is 0 Å². The van der Waals surface area contributed by atoms with Crippen LogP contribution in [0.4, 0.5) is 0 Å². The second-order valence-corrected chi connectivity index (χ2v) is 8.74. The van der Waals surface area contributed by atoms with E-state index in [2.05, 4.69) is 6.07 Å². The molecule has 0 bridgehead atoms. The van der Waals surface area contributed by atoms with Crippen LogP contribution >= 0.6 is 34.0 Å². The van der Waals surface area contributed by atoms with Crippen LogP contribution < -0.4 is 20.5 Å². The van der Waals surface area contributed by atoms with Gasteiger partial charge in [-0.2, -0.15) is 27.9 Å². The molecule has 1 aliphatic heterocycles. The summed E-state index contributed by atoms with van der Waals surface area (Å²) in [7, 11) is 0. The molecular formula is C20H15N3O3S3. The van der Waals surface area contributed by atoms with Crippen molar-refractivity contribution in [3.63, 3.8) is 0 Å². The number of allylic oxidation sites excluding steroid dienone is 1. The fraction of sp³-hybridized carbons (Fsp3) is 0.150. The van der Waals surface area contributed by atoms with Crippen LogP contribution in [0.25, 0.3) is 17.5 Å². The number of nitrogens with two attached hydrogens (primary N) is 1. The van der Waals surface area contributed by atoms with Crippen molar-refractivity contribution in [2.24, 2.45) is 5.73 Å². The minimum absolute atomic E-state index is 0.0537. The molecule has 0 saturated heterocycles. The Bertz CT molecular complexity index is 1320. The van der Waals surface area contributed by atoms with Gasteiger partial charge >= 0.3 is 5.97 Å². The number of nitrogens with zero attached hydrogens (tertiary/aromatic N) is 2. The molecule has 1 aliphatic rings. The molecule has 146 valence electrons. The first-order chi connectivity index (χ1) is 14.1. The van der Waals surface area contributed by atoms with Crippen LogP contribution in [0.5, 0.6) is 0 Å². The van der Waals surface area contributed by atoms with Gasteiger partial charge in [-0.05, 0) is 57.8 Å². The number of ether oxygens (including phenoxy) is 1. The van der Waals surface area contributed by atoms with E-state index in [1.54, 1.807) is 13.0 Å². The monoisotopic (exact) mass is 441 g/mol. The molecule has 6 nitrogen and oxygen atoms in total. The van der Waals surface area contributed by atoms with Crippen molar-refractivity contribution in [3.8, 4) is 6.07 Å². The summed E-state index contributed by atoms with van der Waals surface area (Å²) < 4.78 is 7.39. The molecule has 9 heteroatoms. The highest BCUT2D eigenvalue weighted by molar-refractivity contribution is 7.08. The number of hydrogen-bond donors (Lipinski definition) is 1. The predicted octanol–water partition coefficient (Wildman–Crippen LogP) is 2.02. The summed E-state index contributed by atoms with van der Waals surface area (Å²) in [4.78, 5) is 26.0. The summed E-state index contributed by atoms with van der Waals surface area (Å²) in [5.74, 6) is -1.17. The Hall–Kier alpha value is -2.93. The molecule has 0 saturated carbocycles. The third-order valence-electron chi connectivity index (χ3n) is 4.48. The average molecular weight is 442 g/mol. The van der Waals surface area contributed by atoms with E-state index in [0.29, 0.717) is 9.20 Å². The van der Waals surface area contributed by atoms with Gasteiger partial charge in [0.15, 0.2) is 0 Å². The number of fused-ring (bicyclic) bond motifs is 1. The summed E-state index contributed by atoms with van der Waals surface area (Å²) in [6, 6.07) is 5.86. The Balaban J connectivity index is 2.11. The minimum atomic E-state index is -0.669. The van der Waals surface area contributed by atoms with Crippen LogP contribution in [0.1, 0.15) is 24.0 Å². The maximum absolute atomic E-state index is 13.1. The lowest BCUT2D eigenvalue weighted by atomic mass is 9.85. The fourth-order valence-corrected chi connectivity index (χ4v) is 5.70. The van der Waals surface area contributed by atoms with Gasteiger partial charge in [-0.15, -0.1) is 11.3 Å². The van der Waals surface area contributed by atoms with E-state index in [0.717, 1.165) is 11.1 Å². The van der Waals surface area contributed by atoms with Gasteiger partial charge in [0, 0.05) is 0 Å². The minimum Gasteiger partial charge on any atom is -0.463 e. The highest BCUT2D eigenvalue weighted by Crippen LogP contribution is 2.37. The molecule has 0 fully saturated rings. The first-order valence-corrected chi connectivity index (χ1v) is 11.4. The van der Waals surface area contributed by atoms with Crippen molar-refractivity contribution < 1.29 is 9.53 Å². The van der Waals surface area contributed by atoms with E-state index in [9.17, 15) is 14.9 Å². The summed E-state index contributed by atoms with van der Waals surface area (Å²) >= 11 is 4.16. The van der Waals surface area contributed by atoms with Crippen molar-refractivity contribution in [1.29, 1.82) is 5.26 Å². The molecular weight excluding hydrogens is 426 g/mol. The lowest BCUT2D eigenvalue weighted by Crippen LogP contribution is -2.40. The summed E-state index contributed by atoms with van der Waals surface area (Å²) in [5, 5.41) is 17.4. The number of carbonyl (C=O) groups is 1. The average Bonchev–Trinajstić information content (AvgIpc) is 3.45. The summed E-state index contributed by atoms with van der Waals surface area (Å²) in [5.41, 5.74) is 8.02. The lowest BCUT2D eigenvalue weighted by molar-refractivity contribution is -0.136. The van der Waals surface area contributed by atoms with E-state index >= 15 is 0 Å². The zero-order valence-electron chi connectivity index (χ0n) is 15.2. The van der Waals surface area contributed by atoms with Crippen molar-refractivity contribution in [3.05, 3.63) is 69.9 Å². The third-order valence-corrected chi connectivity index (χ3v) is 6.99. The zero-order valence-corrected chi connectivity index (χ0v) is 17.7. The maximum Gasteiger partial charge on any atom is 0.338 e. The Morgan fingerprint density at radius 3 is 2.72 bits per heavy atom. The van der Waals surface area contributed by atoms with Crippen molar-refractivity contribution in [1.82, 2.24) is 4.57 Å². The van der Waals surface area contributed by atoms with Crippen LogP contribution in [0.15, 0.2) is 44.0 Å². The quantitative estimate of drug-likeness (QED) is 0.625. The lowest BCUT2D eigenvalue weighted by Gasteiger charge is -2.23. The van der Waals surface area contributed by atoms with Crippen molar-refractivity contribution >= 4 is 57.4 Å². The Kier molecular flexibility index (Phi) is 5.24. The maximum atomic E-state index is 13.1. The van der Waals surface area contributed by atoms with Gasteiger partial charge < -0.3 is 10.5 Å². The van der Waals surface area contributed by atoms with E-state index in [4.69, 9.17) is 10.5 Å². The number of carbonyl (C=O) groups excluding carboxylic acids is 1. The van der Waals surface area contributed by atoms with Crippen LogP contribution in [0, 0.1) is 11.3 Å². The zero-order chi connectivity index (χ0) is 20.5. The largest absolute Gasteiger partial charge is 0.463 e. The highest BCUT2D eigenvalue weighted by Gasteiger charge is 2.36. The molecule has 4 rings (SSSR count). The molecule has 3 aromatic heterocycles. The molecule has 1 atom stereocenters. The molecule has 4 heterocycles. The first-order valence-electron chi connectivity index (χ1n) is 8.66. The van der Waals surface area contributed by atoms with Crippen LogP contribution in [-0.2, 0) is 9.53 Å². The molecule has 0 radical (unpaired) electrons. The number of nitriles is 1. The SMILES string of the molecule is CCOC(=O)C1=c2s/c(=C/c3ccsc3)c(=O)n2C(N)=C(C#N)[C@@H]1c1ccsc1. The molecule has 0 unspecified atom stereocenters. The van der Waals surface area contributed by atoms with Crippen LogP contribution in [0.3, 0.4) is 0 Å². The Labute approximate surface area is 177 Å². The molecule has 2 N–H and O–H groups in total. The fourth-order valence-electron chi connectivity index (χ4n) is 3.23. The number of hydrogen-bond acceptors (Lipinski definition) is 8. The molecule has 0 amide bonds. The van der Waals surface area contributed by atoms with Gasteiger partial charge in [-0.3, -0.25) is 9.36 Å². The predicted molar refractivity (Wildman–Crippen MR) is 116 cm³/mol. The molecule has 0 aliphatic carbocycles. The van der Waals surface area contributed by atoms with Crippen molar-refractivity contribution in [2.75, 3.05) is 6.61 Å². The summed E-state index contributed by atoms with van der Waals surface area (Å²) in [6.45, 7) is 1.90. The van der Waals surface area contributed by atoms with Gasteiger partial charge in [0.1, 0.15) is 10.5 Å². The van der Waals surface area contributed by atoms with Gasteiger partial charge in [0.25, 0.3) is 5.56 Å². The Morgan fingerprint density at radius 1 is 1.34 bits per heavy atom. The normalized spacial score (nSPS) is 16.6. The number of esters is 1. The van der Waals surface area contributed by atoms with Crippen LogP contribution in [0.2, 0.25) is 0 Å². The second-order valence-electron chi connectivity index (χ2n) is 6.15. The number of rotatable bonds is 4. The standard InChI is InChI=1S/C20H15N3O3S3/c1-2-26-20(25)16-15(12-4-6-28-10-12)13(8-21)17(22)23-18(24)14(29-19(16)23)7-11-3-5-27-9-11/h3-7,9-10,15H,2,22H2,1H3/b14-7+/t15-/m0/s1. The van der Waals surface area contributed by atoms with Crippen molar-refractivity contribution in [2.45, 2.75) is 12.8 Å². The number of aromatic nitrogens is 1.